The Balaban J connectivity index is 1.97. The van der Waals surface area contributed by atoms with E-state index in [-0.39, 0.29) is 0 Å². The monoisotopic (exact) mass is 232 g/mol. The molecule has 0 aromatic carbocycles. The molecule has 0 fully saturated rings. The molecule has 0 radical (unpaired) electrons. The molecule has 0 unspecified atom stereocenters. The zero-order chi connectivity index (χ0) is 9.10. The molecule has 0 amide bonds. The molecule has 2 aromatic heterocycles. The van der Waals surface area contributed by atoms with Crippen molar-refractivity contribution >= 4 is 40.5 Å². The third-order valence-corrected chi connectivity index (χ3v) is 3.01. The van der Waals surface area contributed by atoms with Crippen LogP contribution in [0.2, 0.25) is 5.15 Å². The smallest absolute Gasteiger partial charge is 0.186 e. The summed E-state index contributed by atoms with van der Waals surface area (Å²) in [6.07, 6.45) is 1.77. The number of thiazole rings is 1. The fraction of sp³-hybridized carbons (Fsp3) is 0.167. The lowest BCUT2D eigenvalue weighted by Crippen LogP contribution is -1.98. The highest BCUT2D eigenvalue weighted by Crippen LogP contribution is 2.18. The molecule has 2 rings (SSSR count). The maximum absolute atomic E-state index is 5.74. The molecule has 0 saturated carbocycles. The maximum Gasteiger partial charge on any atom is 0.186 e. The van der Waals surface area contributed by atoms with Gasteiger partial charge in [0.25, 0.3) is 0 Å². The summed E-state index contributed by atoms with van der Waals surface area (Å²) in [7, 11) is 0. The second-order valence-corrected chi connectivity index (χ2v) is 4.05. The first-order valence-electron chi connectivity index (χ1n) is 3.46. The number of halogens is 1. The van der Waals surface area contributed by atoms with Crippen LogP contribution in [-0.4, -0.2) is 13.7 Å². The molecular formula is C6H5ClN4S2. The Morgan fingerprint density at radius 3 is 3.00 bits per heavy atom. The van der Waals surface area contributed by atoms with E-state index < -0.39 is 0 Å². The zero-order valence-electron chi connectivity index (χ0n) is 6.40. The number of nitrogens with zero attached hydrogens (tertiary/aromatic N) is 3. The minimum Gasteiger partial charge on any atom is -0.360 e. The molecule has 0 bridgehead atoms. The molecule has 0 atom stereocenters. The second kappa shape index (κ2) is 3.99. The van der Waals surface area contributed by atoms with Crippen molar-refractivity contribution in [2.24, 2.45) is 0 Å². The van der Waals surface area contributed by atoms with Crippen LogP contribution >= 0.6 is 34.7 Å². The molecule has 1 N–H and O–H groups in total. The van der Waals surface area contributed by atoms with Crippen LogP contribution in [0.3, 0.4) is 0 Å². The Labute approximate surface area is 87.9 Å². The highest BCUT2D eigenvalue weighted by molar-refractivity contribution is 7.09. The molecule has 0 aliphatic heterocycles. The summed E-state index contributed by atoms with van der Waals surface area (Å²) in [6, 6.07) is 0. The number of aromatic nitrogens is 3. The van der Waals surface area contributed by atoms with Crippen LogP contribution in [0, 0.1) is 0 Å². The van der Waals surface area contributed by atoms with Crippen LogP contribution in [0.5, 0.6) is 0 Å². The largest absolute Gasteiger partial charge is 0.360 e. The highest BCUT2D eigenvalue weighted by Gasteiger charge is 2.04. The molecule has 4 nitrogen and oxygen atoms in total. The van der Waals surface area contributed by atoms with Gasteiger partial charge in [-0.25, -0.2) is 4.98 Å². The van der Waals surface area contributed by atoms with Gasteiger partial charge in [-0.2, -0.15) is 8.75 Å². The van der Waals surface area contributed by atoms with Crippen LogP contribution in [0.1, 0.15) is 5.01 Å². The van der Waals surface area contributed by atoms with Gasteiger partial charge in [-0.3, -0.25) is 0 Å². The average molecular weight is 233 g/mol. The molecule has 7 heteroatoms. The van der Waals surface area contributed by atoms with E-state index in [1.807, 2.05) is 5.38 Å². The quantitative estimate of drug-likeness (QED) is 0.882. The maximum atomic E-state index is 5.74. The van der Waals surface area contributed by atoms with Gasteiger partial charge in [0.2, 0.25) is 0 Å². The molecule has 2 heterocycles. The molecule has 0 spiro atoms. The Bertz CT molecular complexity index is 372. The van der Waals surface area contributed by atoms with E-state index in [1.54, 1.807) is 17.5 Å². The minimum absolute atomic E-state index is 0.418. The van der Waals surface area contributed by atoms with Crippen molar-refractivity contribution < 1.29 is 0 Å². The first kappa shape index (κ1) is 8.86. The van der Waals surface area contributed by atoms with Gasteiger partial charge in [0.1, 0.15) is 5.01 Å². The molecule has 0 aliphatic rings. The van der Waals surface area contributed by atoms with Crippen molar-refractivity contribution in [3.63, 3.8) is 0 Å². The van der Waals surface area contributed by atoms with Crippen LogP contribution in [-0.2, 0) is 6.54 Å². The van der Waals surface area contributed by atoms with Crippen molar-refractivity contribution in [2.45, 2.75) is 6.54 Å². The van der Waals surface area contributed by atoms with Crippen molar-refractivity contribution in [3.05, 3.63) is 21.7 Å². The number of hydrogen-bond donors (Lipinski definition) is 1. The third-order valence-electron chi connectivity index (χ3n) is 1.34. The van der Waals surface area contributed by atoms with Crippen LogP contribution in [0.25, 0.3) is 0 Å². The predicted octanol–water partition coefficient (Wildman–Crippen LogP) is 2.26. The SMILES string of the molecule is Clc1nsnc1NCc1nccs1. The summed E-state index contributed by atoms with van der Waals surface area (Å²) in [5, 5.41) is 6.40. The molecule has 0 aliphatic carbocycles. The van der Waals surface area contributed by atoms with E-state index in [4.69, 9.17) is 11.6 Å². The number of anilines is 1. The first-order chi connectivity index (χ1) is 6.36. The molecular weight excluding hydrogens is 228 g/mol. The summed E-state index contributed by atoms with van der Waals surface area (Å²) in [4.78, 5) is 4.11. The van der Waals surface area contributed by atoms with Gasteiger partial charge < -0.3 is 5.32 Å². The Morgan fingerprint density at radius 1 is 1.46 bits per heavy atom. The molecule has 2 aromatic rings. The normalized spacial score (nSPS) is 10.2. The van der Waals surface area contributed by atoms with Gasteiger partial charge in [-0.15, -0.1) is 11.3 Å². The van der Waals surface area contributed by atoms with Gasteiger partial charge in [-0.05, 0) is 0 Å². The Kier molecular flexibility index (Phi) is 2.72. The van der Waals surface area contributed by atoms with Crippen LogP contribution < -0.4 is 5.32 Å². The first-order valence-corrected chi connectivity index (χ1v) is 5.45. The highest BCUT2D eigenvalue weighted by atomic mass is 35.5. The Hall–Kier alpha value is -0.720. The van der Waals surface area contributed by atoms with Crippen LogP contribution in [0.4, 0.5) is 5.82 Å². The van der Waals surface area contributed by atoms with Crippen LogP contribution in [0.15, 0.2) is 11.6 Å². The van der Waals surface area contributed by atoms with Gasteiger partial charge in [0.05, 0.1) is 18.3 Å². The van der Waals surface area contributed by atoms with E-state index in [0.29, 0.717) is 17.5 Å². The zero-order valence-corrected chi connectivity index (χ0v) is 8.79. The van der Waals surface area contributed by atoms with E-state index in [2.05, 4.69) is 19.0 Å². The average Bonchev–Trinajstić information content (AvgIpc) is 2.72. The van der Waals surface area contributed by atoms with Crippen molar-refractivity contribution in [1.82, 2.24) is 13.7 Å². The lowest BCUT2D eigenvalue weighted by atomic mass is 10.6. The van der Waals surface area contributed by atoms with Gasteiger partial charge in [0.15, 0.2) is 11.0 Å². The number of nitrogens with one attached hydrogen (secondary N) is 1. The second-order valence-electron chi connectivity index (χ2n) is 2.18. The topological polar surface area (TPSA) is 50.7 Å². The van der Waals surface area contributed by atoms with Gasteiger partial charge >= 0.3 is 0 Å². The summed E-state index contributed by atoms with van der Waals surface area (Å²) in [6.45, 7) is 0.642. The Morgan fingerprint density at radius 2 is 2.38 bits per heavy atom. The van der Waals surface area contributed by atoms with Gasteiger partial charge in [-0.1, -0.05) is 11.6 Å². The van der Waals surface area contributed by atoms with E-state index >= 15 is 0 Å². The number of rotatable bonds is 3. The van der Waals surface area contributed by atoms with Crippen molar-refractivity contribution in [2.75, 3.05) is 5.32 Å². The lowest BCUT2D eigenvalue weighted by molar-refractivity contribution is 1.09. The standard InChI is InChI=1S/C6H5ClN4S2/c7-5-6(11-13-10-5)9-3-4-8-1-2-12-4/h1-2H,3H2,(H,9,11). The minimum atomic E-state index is 0.418. The van der Waals surface area contributed by atoms with E-state index in [1.165, 1.54) is 0 Å². The lowest BCUT2D eigenvalue weighted by Gasteiger charge is -1.97. The summed E-state index contributed by atoms with van der Waals surface area (Å²) >= 11 is 8.42. The summed E-state index contributed by atoms with van der Waals surface area (Å²) in [5.41, 5.74) is 0. The van der Waals surface area contributed by atoms with E-state index in [0.717, 1.165) is 16.7 Å². The summed E-state index contributed by atoms with van der Waals surface area (Å²) < 4.78 is 7.81. The fourth-order valence-corrected chi connectivity index (χ4v) is 2.02. The van der Waals surface area contributed by atoms with Crippen molar-refractivity contribution in [3.8, 4) is 0 Å². The predicted molar refractivity (Wildman–Crippen MR) is 54.4 cm³/mol. The van der Waals surface area contributed by atoms with E-state index in [9.17, 15) is 0 Å². The number of hydrogen-bond acceptors (Lipinski definition) is 6. The molecule has 68 valence electrons. The molecule has 0 saturated heterocycles. The summed E-state index contributed by atoms with van der Waals surface area (Å²) in [5.74, 6) is 0.627. The van der Waals surface area contributed by atoms with Gasteiger partial charge in [0, 0.05) is 11.6 Å². The fourth-order valence-electron chi connectivity index (χ4n) is 0.783. The molecule has 13 heavy (non-hydrogen) atoms. The van der Waals surface area contributed by atoms with Crippen molar-refractivity contribution in [1.29, 1.82) is 0 Å². The third kappa shape index (κ3) is 2.15.